The highest BCUT2D eigenvalue weighted by Gasteiger charge is 2.23. The number of carbonyl (C=O) groups is 2. The van der Waals surface area contributed by atoms with Crippen LogP contribution in [0.25, 0.3) is 11.1 Å². The standard InChI is InChI=1S/C22H20N2O6S/c1-3-29-17-11-7-14(8-12-17)18-13-31-21(19(18)22(26)30-4-2)23-20(25)15-5-9-16(10-6-15)24(27)28/h5-13H,3-4H2,1-2H3,(H,23,25). The molecule has 0 spiro atoms. The van der Waals surface area contributed by atoms with Gasteiger partial charge in [0, 0.05) is 28.6 Å². The minimum absolute atomic E-state index is 0.113. The van der Waals surface area contributed by atoms with E-state index in [1.54, 1.807) is 24.4 Å². The molecule has 0 aliphatic heterocycles. The topological polar surface area (TPSA) is 108 Å². The molecule has 0 aliphatic rings. The Balaban J connectivity index is 1.91. The molecular weight excluding hydrogens is 420 g/mol. The molecular formula is C22H20N2O6S. The summed E-state index contributed by atoms with van der Waals surface area (Å²) in [7, 11) is 0. The molecule has 1 amide bonds. The van der Waals surface area contributed by atoms with Crippen LogP contribution < -0.4 is 10.1 Å². The van der Waals surface area contributed by atoms with Crippen molar-refractivity contribution in [3.8, 4) is 16.9 Å². The van der Waals surface area contributed by atoms with Gasteiger partial charge in [-0.3, -0.25) is 14.9 Å². The third kappa shape index (κ3) is 5.07. The van der Waals surface area contributed by atoms with Gasteiger partial charge in [-0.2, -0.15) is 0 Å². The van der Waals surface area contributed by atoms with Crippen molar-refractivity contribution in [2.24, 2.45) is 0 Å². The number of hydrogen-bond acceptors (Lipinski definition) is 7. The van der Waals surface area contributed by atoms with Crippen molar-refractivity contribution in [1.82, 2.24) is 0 Å². The molecule has 160 valence electrons. The molecule has 9 heteroatoms. The Kier molecular flexibility index (Phi) is 6.99. The maximum absolute atomic E-state index is 12.7. The van der Waals surface area contributed by atoms with Gasteiger partial charge in [-0.25, -0.2) is 4.79 Å². The minimum atomic E-state index is -0.549. The molecule has 0 radical (unpaired) electrons. The molecule has 31 heavy (non-hydrogen) atoms. The van der Waals surface area contributed by atoms with Crippen LogP contribution in [-0.2, 0) is 4.74 Å². The molecule has 2 aromatic carbocycles. The lowest BCUT2D eigenvalue weighted by atomic mass is 10.0. The summed E-state index contributed by atoms with van der Waals surface area (Å²) in [6.45, 7) is 4.33. The van der Waals surface area contributed by atoms with Gasteiger partial charge < -0.3 is 14.8 Å². The summed E-state index contributed by atoms with van der Waals surface area (Å²) in [5.41, 5.74) is 1.78. The molecule has 0 fully saturated rings. The highest BCUT2D eigenvalue weighted by Crippen LogP contribution is 2.37. The van der Waals surface area contributed by atoms with E-state index in [9.17, 15) is 19.7 Å². The van der Waals surface area contributed by atoms with E-state index < -0.39 is 16.8 Å². The van der Waals surface area contributed by atoms with E-state index >= 15 is 0 Å². The van der Waals surface area contributed by atoms with Crippen molar-refractivity contribution in [2.75, 3.05) is 18.5 Å². The second-order valence-corrected chi connectivity index (χ2v) is 7.17. The molecule has 0 bridgehead atoms. The van der Waals surface area contributed by atoms with Gasteiger partial charge in [0.25, 0.3) is 11.6 Å². The van der Waals surface area contributed by atoms with Crippen LogP contribution in [0.1, 0.15) is 34.6 Å². The molecule has 1 N–H and O–H groups in total. The maximum atomic E-state index is 12.7. The lowest BCUT2D eigenvalue weighted by Gasteiger charge is -2.09. The van der Waals surface area contributed by atoms with Crippen LogP contribution in [0.4, 0.5) is 10.7 Å². The van der Waals surface area contributed by atoms with E-state index in [-0.39, 0.29) is 23.4 Å². The van der Waals surface area contributed by atoms with Crippen LogP contribution in [0, 0.1) is 10.1 Å². The minimum Gasteiger partial charge on any atom is -0.494 e. The smallest absolute Gasteiger partial charge is 0.341 e. The molecule has 0 aliphatic carbocycles. The van der Waals surface area contributed by atoms with Gasteiger partial charge in [-0.15, -0.1) is 11.3 Å². The van der Waals surface area contributed by atoms with Gasteiger partial charge in [0.15, 0.2) is 0 Å². The molecule has 3 rings (SSSR count). The Morgan fingerprint density at radius 1 is 1.03 bits per heavy atom. The fourth-order valence-electron chi connectivity index (χ4n) is 2.88. The first-order valence-corrected chi connectivity index (χ1v) is 10.4. The first kappa shape index (κ1) is 22.0. The van der Waals surface area contributed by atoms with E-state index in [4.69, 9.17) is 9.47 Å². The molecule has 8 nitrogen and oxygen atoms in total. The Bertz CT molecular complexity index is 1090. The van der Waals surface area contributed by atoms with Crippen molar-refractivity contribution in [2.45, 2.75) is 13.8 Å². The summed E-state index contributed by atoms with van der Waals surface area (Å²) in [5.74, 6) is -0.321. The number of carbonyl (C=O) groups excluding carboxylic acids is 2. The fraction of sp³-hybridized carbons (Fsp3) is 0.182. The van der Waals surface area contributed by atoms with Gasteiger partial charge in [-0.05, 0) is 43.7 Å². The second kappa shape index (κ2) is 9.86. The van der Waals surface area contributed by atoms with Crippen LogP contribution in [0.15, 0.2) is 53.9 Å². The number of thiophene rings is 1. The van der Waals surface area contributed by atoms with Crippen LogP contribution >= 0.6 is 11.3 Å². The van der Waals surface area contributed by atoms with E-state index in [1.165, 1.54) is 35.6 Å². The zero-order valence-electron chi connectivity index (χ0n) is 16.9. The number of nitro groups is 1. The number of nitro benzene ring substituents is 1. The molecule has 0 atom stereocenters. The van der Waals surface area contributed by atoms with E-state index in [1.807, 2.05) is 19.1 Å². The summed E-state index contributed by atoms with van der Waals surface area (Å²) in [6, 6.07) is 12.5. The second-order valence-electron chi connectivity index (χ2n) is 6.29. The lowest BCUT2D eigenvalue weighted by Crippen LogP contribution is -2.14. The SMILES string of the molecule is CCOC(=O)c1c(-c2ccc(OCC)cc2)csc1NC(=O)c1ccc([N+](=O)[O-])cc1. The third-order valence-electron chi connectivity index (χ3n) is 4.31. The third-order valence-corrected chi connectivity index (χ3v) is 5.21. The lowest BCUT2D eigenvalue weighted by molar-refractivity contribution is -0.384. The average molecular weight is 440 g/mol. The molecule has 3 aromatic rings. The maximum Gasteiger partial charge on any atom is 0.341 e. The van der Waals surface area contributed by atoms with Gasteiger partial charge in [-0.1, -0.05) is 12.1 Å². The number of nitrogens with one attached hydrogen (secondary N) is 1. The van der Waals surface area contributed by atoms with Crippen LogP contribution in [0.3, 0.4) is 0 Å². The Morgan fingerprint density at radius 2 is 1.71 bits per heavy atom. The summed E-state index contributed by atoms with van der Waals surface area (Å²) in [4.78, 5) is 35.6. The summed E-state index contributed by atoms with van der Waals surface area (Å²) in [5, 5.41) is 15.6. The highest BCUT2D eigenvalue weighted by molar-refractivity contribution is 7.15. The van der Waals surface area contributed by atoms with Gasteiger partial charge in [0.05, 0.1) is 18.1 Å². The van der Waals surface area contributed by atoms with Crippen molar-refractivity contribution in [3.63, 3.8) is 0 Å². The predicted octanol–water partition coefficient (Wildman–Crippen LogP) is 5.15. The number of anilines is 1. The largest absolute Gasteiger partial charge is 0.494 e. The zero-order chi connectivity index (χ0) is 22.4. The Hall–Kier alpha value is -3.72. The van der Waals surface area contributed by atoms with Crippen molar-refractivity contribution < 1.29 is 24.0 Å². The molecule has 1 heterocycles. The van der Waals surface area contributed by atoms with Crippen LogP contribution in [0.2, 0.25) is 0 Å². The summed E-state index contributed by atoms with van der Waals surface area (Å²) >= 11 is 1.20. The highest BCUT2D eigenvalue weighted by atomic mass is 32.1. The normalized spacial score (nSPS) is 10.4. The summed E-state index contributed by atoms with van der Waals surface area (Å²) in [6.07, 6.45) is 0. The fourth-order valence-corrected chi connectivity index (χ4v) is 3.83. The number of non-ortho nitro benzene ring substituents is 1. The number of hydrogen-bond donors (Lipinski definition) is 1. The van der Waals surface area contributed by atoms with Crippen LogP contribution in [-0.4, -0.2) is 30.0 Å². The first-order chi connectivity index (χ1) is 14.9. The number of esters is 1. The number of rotatable bonds is 8. The quantitative estimate of drug-likeness (QED) is 0.295. The molecule has 1 aromatic heterocycles. The number of benzene rings is 2. The molecule has 0 unspecified atom stereocenters. The van der Waals surface area contributed by atoms with Gasteiger partial charge in [0.2, 0.25) is 0 Å². The summed E-state index contributed by atoms with van der Waals surface area (Å²) < 4.78 is 10.7. The van der Waals surface area contributed by atoms with E-state index in [0.717, 1.165) is 5.56 Å². The van der Waals surface area contributed by atoms with Gasteiger partial charge in [0.1, 0.15) is 16.3 Å². The van der Waals surface area contributed by atoms with Crippen LogP contribution in [0.5, 0.6) is 5.75 Å². The van der Waals surface area contributed by atoms with Crippen molar-refractivity contribution in [1.29, 1.82) is 0 Å². The Labute approximate surface area is 182 Å². The Morgan fingerprint density at radius 3 is 2.29 bits per heavy atom. The molecule has 0 saturated heterocycles. The zero-order valence-corrected chi connectivity index (χ0v) is 17.7. The van der Waals surface area contributed by atoms with Crippen molar-refractivity contribution >= 4 is 33.9 Å². The molecule has 0 saturated carbocycles. The number of nitrogens with zero attached hydrogens (tertiary/aromatic N) is 1. The number of amides is 1. The number of ether oxygens (including phenoxy) is 2. The monoisotopic (exact) mass is 440 g/mol. The van der Waals surface area contributed by atoms with E-state index in [2.05, 4.69) is 5.32 Å². The predicted molar refractivity (Wildman–Crippen MR) is 118 cm³/mol. The average Bonchev–Trinajstić information content (AvgIpc) is 3.18. The first-order valence-electron chi connectivity index (χ1n) is 9.52. The van der Waals surface area contributed by atoms with Crippen molar-refractivity contribution in [3.05, 3.63) is 75.2 Å². The van der Waals surface area contributed by atoms with E-state index in [0.29, 0.717) is 22.9 Å². The van der Waals surface area contributed by atoms with Gasteiger partial charge >= 0.3 is 5.97 Å².